The van der Waals surface area contributed by atoms with Crippen LogP contribution in [0.15, 0.2) is 30.3 Å². The molecule has 1 atom stereocenters. The molecule has 0 aromatic heterocycles. The Balaban J connectivity index is 2.48. The SMILES string of the molecule is CC(=O)N[C@@H](CCc1ccccc1)CC(=O)O. The summed E-state index contributed by atoms with van der Waals surface area (Å²) in [5.74, 6) is -1.08. The van der Waals surface area contributed by atoms with Crippen LogP contribution in [0, 0.1) is 0 Å². The zero-order chi connectivity index (χ0) is 12.7. The van der Waals surface area contributed by atoms with Crippen molar-refractivity contribution in [1.82, 2.24) is 5.32 Å². The van der Waals surface area contributed by atoms with Gasteiger partial charge in [0.25, 0.3) is 0 Å². The zero-order valence-corrected chi connectivity index (χ0v) is 9.85. The fraction of sp³-hybridized carbons (Fsp3) is 0.385. The van der Waals surface area contributed by atoms with Crippen molar-refractivity contribution in [2.24, 2.45) is 0 Å². The van der Waals surface area contributed by atoms with Crippen LogP contribution in [0.3, 0.4) is 0 Å². The first kappa shape index (κ1) is 13.2. The van der Waals surface area contributed by atoms with Crippen molar-refractivity contribution in [3.05, 3.63) is 35.9 Å². The van der Waals surface area contributed by atoms with Crippen LogP contribution in [0.5, 0.6) is 0 Å². The molecule has 0 aliphatic carbocycles. The second kappa shape index (κ2) is 6.68. The van der Waals surface area contributed by atoms with Gasteiger partial charge in [-0.15, -0.1) is 0 Å². The van der Waals surface area contributed by atoms with E-state index >= 15 is 0 Å². The molecule has 1 aromatic rings. The highest BCUT2D eigenvalue weighted by Gasteiger charge is 2.13. The first-order valence-electron chi connectivity index (χ1n) is 5.60. The Kier molecular flexibility index (Phi) is 5.20. The van der Waals surface area contributed by atoms with Crippen LogP contribution in [0.2, 0.25) is 0 Å². The van der Waals surface area contributed by atoms with Crippen molar-refractivity contribution in [3.63, 3.8) is 0 Å². The summed E-state index contributed by atoms with van der Waals surface area (Å²) in [5.41, 5.74) is 1.15. The van der Waals surface area contributed by atoms with Gasteiger partial charge in [-0.3, -0.25) is 9.59 Å². The van der Waals surface area contributed by atoms with Gasteiger partial charge in [-0.1, -0.05) is 30.3 Å². The van der Waals surface area contributed by atoms with Crippen LogP contribution < -0.4 is 5.32 Å². The highest BCUT2D eigenvalue weighted by Crippen LogP contribution is 2.07. The summed E-state index contributed by atoms with van der Waals surface area (Å²) in [6, 6.07) is 9.51. The minimum atomic E-state index is -0.892. The Morgan fingerprint density at radius 3 is 2.47 bits per heavy atom. The van der Waals surface area contributed by atoms with Gasteiger partial charge in [0.05, 0.1) is 6.42 Å². The number of benzene rings is 1. The molecule has 0 saturated carbocycles. The number of hydrogen-bond donors (Lipinski definition) is 2. The summed E-state index contributed by atoms with van der Waals surface area (Å²) in [4.78, 5) is 21.6. The van der Waals surface area contributed by atoms with Crippen molar-refractivity contribution in [1.29, 1.82) is 0 Å². The van der Waals surface area contributed by atoms with E-state index in [-0.39, 0.29) is 18.4 Å². The quantitative estimate of drug-likeness (QED) is 0.787. The van der Waals surface area contributed by atoms with E-state index in [2.05, 4.69) is 5.32 Å². The molecule has 0 spiro atoms. The minimum Gasteiger partial charge on any atom is -0.481 e. The van der Waals surface area contributed by atoms with Crippen molar-refractivity contribution in [2.45, 2.75) is 32.2 Å². The first-order chi connectivity index (χ1) is 8.08. The van der Waals surface area contributed by atoms with E-state index in [1.54, 1.807) is 0 Å². The predicted molar refractivity (Wildman–Crippen MR) is 64.6 cm³/mol. The summed E-state index contributed by atoms with van der Waals surface area (Å²) in [7, 11) is 0. The standard InChI is InChI=1S/C13H17NO3/c1-10(15)14-12(9-13(16)17)8-7-11-5-3-2-4-6-11/h2-6,12H,7-9H2,1H3,(H,14,15)(H,16,17)/t12-/m0/s1. The van der Waals surface area contributed by atoms with Crippen LogP contribution in [-0.4, -0.2) is 23.0 Å². The second-order valence-corrected chi connectivity index (χ2v) is 4.02. The maximum absolute atomic E-state index is 10.9. The van der Waals surface area contributed by atoms with Crippen molar-refractivity contribution < 1.29 is 14.7 Å². The molecule has 1 aromatic carbocycles. The lowest BCUT2D eigenvalue weighted by atomic mass is 10.0. The molecule has 0 saturated heterocycles. The Bertz CT molecular complexity index is 360. The van der Waals surface area contributed by atoms with Gasteiger partial charge in [0.1, 0.15) is 0 Å². The molecular formula is C13H17NO3. The number of carboxylic acids is 1. The lowest BCUT2D eigenvalue weighted by molar-refractivity contribution is -0.137. The van der Waals surface area contributed by atoms with Crippen LogP contribution in [-0.2, 0) is 16.0 Å². The molecule has 0 aliphatic rings. The Hall–Kier alpha value is -1.84. The lowest BCUT2D eigenvalue weighted by Crippen LogP contribution is -2.35. The molecule has 4 heteroatoms. The van der Waals surface area contributed by atoms with Crippen molar-refractivity contribution in [3.8, 4) is 0 Å². The third kappa shape index (κ3) is 5.70. The highest BCUT2D eigenvalue weighted by atomic mass is 16.4. The first-order valence-corrected chi connectivity index (χ1v) is 5.60. The number of carboxylic acid groups (broad SMARTS) is 1. The number of carbonyl (C=O) groups excluding carboxylic acids is 1. The molecule has 0 aliphatic heterocycles. The average molecular weight is 235 g/mol. The fourth-order valence-electron chi connectivity index (χ4n) is 1.71. The normalized spacial score (nSPS) is 11.8. The minimum absolute atomic E-state index is 0.0353. The Labute approximate surface area is 101 Å². The Morgan fingerprint density at radius 2 is 1.94 bits per heavy atom. The molecule has 0 radical (unpaired) electrons. The molecule has 4 nitrogen and oxygen atoms in total. The van der Waals surface area contributed by atoms with Crippen LogP contribution >= 0.6 is 0 Å². The maximum atomic E-state index is 10.9. The van der Waals surface area contributed by atoms with Gasteiger partial charge in [-0.05, 0) is 18.4 Å². The largest absolute Gasteiger partial charge is 0.481 e. The van der Waals surface area contributed by atoms with Gasteiger partial charge in [-0.25, -0.2) is 0 Å². The van der Waals surface area contributed by atoms with Gasteiger partial charge >= 0.3 is 5.97 Å². The fourth-order valence-corrected chi connectivity index (χ4v) is 1.71. The average Bonchev–Trinajstić information content (AvgIpc) is 2.26. The van der Waals surface area contributed by atoms with E-state index in [1.165, 1.54) is 6.92 Å². The summed E-state index contributed by atoms with van der Waals surface area (Å²) < 4.78 is 0. The van der Waals surface area contributed by atoms with Gasteiger partial charge in [-0.2, -0.15) is 0 Å². The number of aliphatic carboxylic acids is 1. The van der Waals surface area contributed by atoms with E-state index in [9.17, 15) is 9.59 Å². The Morgan fingerprint density at radius 1 is 1.29 bits per heavy atom. The number of aryl methyl sites for hydroxylation is 1. The molecule has 1 amide bonds. The number of hydrogen-bond acceptors (Lipinski definition) is 2. The number of carbonyl (C=O) groups is 2. The summed E-state index contributed by atoms with van der Waals surface area (Å²) in [6.07, 6.45) is 1.36. The monoisotopic (exact) mass is 235 g/mol. The van der Waals surface area contributed by atoms with Crippen LogP contribution in [0.25, 0.3) is 0 Å². The molecule has 0 unspecified atom stereocenters. The van der Waals surface area contributed by atoms with E-state index in [0.717, 1.165) is 12.0 Å². The van der Waals surface area contributed by atoms with Gasteiger partial charge < -0.3 is 10.4 Å². The topological polar surface area (TPSA) is 66.4 Å². The summed E-state index contributed by atoms with van der Waals surface area (Å²) in [5, 5.41) is 11.4. The van der Waals surface area contributed by atoms with Crippen molar-refractivity contribution in [2.75, 3.05) is 0 Å². The third-order valence-corrected chi connectivity index (χ3v) is 2.45. The second-order valence-electron chi connectivity index (χ2n) is 4.02. The number of rotatable bonds is 6. The molecular weight excluding hydrogens is 218 g/mol. The summed E-state index contributed by atoms with van der Waals surface area (Å²) in [6.45, 7) is 1.40. The van der Waals surface area contributed by atoms with E-state index in [1.807, 2.05) is 30.3 Å². The van der Waals surface area contributed by atoms with Crippen LogP contribution in [0.1, 0.15) is 25.3 Å². The van der Waals surface area contributed by atoms with E-state index in [4.69, 9.17) is 5.11 Å². The predicted octanol–water partition coefficient (Wildman–Crippen LogP) is 1.60. The summed E-state index contributed by atoms with van der Waals surface area (Å²) >= 11 is 0. The third-order valence-electron chi connectivity index (χ3n) is 2.45. The molecule has 2 N–H and O–H groups in total. The number of amides is 1. The zero-order valence-electron chi connectivity index (χ0n) is 9.85. The van der Waals surface area contributed by atoms with Gasteiger partial charge in [0, 0.05) is 13.0 Å². The van der Waals surface area contributed by atoms with Crippen molar-refractivity contribution >= 4 is 11.9 Å². The van der Waals surface area contributed by atoms with Crippen LogP contribution in [0.4, 0.5) is 0 Å². The molecule has 17 heavy (non-hydrogen) atoms. The van der Waals surface area contributed by atoms with Gasteiger partial charge in [0.15, 0.2) is 0 Å². The number of nitrogens with one attached hydrogen (secondary N) is 1. The van der Waals surface area contributed by atoms with Gasteiger partial charge in [0.2, 0.25) is 5.91 Å². The molecule has 92 valence electrons. The molecule has 0 bridgehead atoms. The van der Waals surface area contributed by atoms with E-state index in [0.29, 0.717) is 6.42 Å². The van der Waals surface area contributed by atoms with E-state index < -0.39 is 5.97 Å². The molecule has 0 fully saturated rings. The maximum Gasteiger partial charge on any atom is 0.305 e. The lowest BCUT2D eigenvalue weighted by Gasteiger charge is -2.15. The molecule has 0 heterocycles. The highest BCUT2D eigenvalue weighted by molar-refractivity contribution is 5.74. The molecule has 1 rings (SSSR count). The smallest absolute Gasteiger partial charge is 0.305 e.